The lowest BCUT2D eigenvalue weighted by Crippen LogP contribution is -2.17. The number of hydrogen-bond donors (Lipinski definition) is 2. The summed E-state index contributed by atoms with van der Waals surface area (Å²) in [7, 11) is -2.58. The summed E-state index contributed by atoms with van der Waals surface area (Å²) < 4.78 is 68.2. The van der Waals surface area contributed by atoms with Crippen LogP contribution in [0.3, 0.4) is 0 Å². The summed E-state index contributed by atoms with van der Waals surface area (Å²) in [4.78, 5) is 25.1. The van der Waals surface area contributed by atoms with Crippen molar-refractivity contribution >= 4 is 33.0 Å². The molecule has 0 radical (unpaired) electrons. The number of carboxylic acid groups (broad SMARTS) is 1. The van der Waals surface area contributed by atoms with Gasteiger partial charge in [0.1, 0.15) is 5.56 Å². The first-order valence-corrected chi connectivity index (χ1v) is 12.1. The lowest BCUT2D eigenvalue weighted by atomic mass is 10.1. The van der Waals surface area contributed by atoms with Gasteiger partial charge in [0.2, 0.25) is 0 Å². The molecule has 1 fully saturated rings. The molecule has 0 bridgehead atoms. The van der Waals surface area contributed by atoms with Crippen LogP contribution in [0.5, 0.6) is 0 Å². The number of alkyl halides is 3. The Balaban J connectivity index is 1.86. The van der Waals surface area contributed by atoms with Crippen molar-refractivity contribution in [3.63, 3.8) is 0 Å². The molecule has 3 heterocycles. The predicted octanol–water partition coefficient (Wildman–Crippen LogP) is 3.61. The first-order valence-electron chi connectivity index (χ1n) is 10.4. The maximum absolute atomic E-state index is 13.7. The van der Waals surface area contributed by atoms with E-state index in [0.29, 0.717) is 18.5 Å². The quantitative estimate of drug-likeness (QED) is 0.587. The Labute approximate surface area is 192 Å². The molecule has 14 heteroatoms. The second kappa shape index (κ2) is 8.25. The van der Waals surface area contributed by atoms with Crippen molar-refractivity contribution in [1.82, 2.24) is 14.5 Å². The number of nitrogens with zero attached hydrogens (tertiary/aromatic N) is 4. The largest absolute Gasteiger partial charge is 0.478 e. The van der Waals surface area contributed by atoms with E-state index >= 15 is 0 Å². The first-order chi connectivity index (χ1) is 15.8. The zero-order valence-corrected chi connectivity index (χ0v) is 19.3. The number of oxime groups is 1. The van der Waals surface area contributed by atoms with Crippen LogP contribution in [0.15, 0.2) is 16.4 Å². The summed E-state index contributed by atoms with van der Waals surface area (Å²) in [6.45, 7) is 2.62. The molecule has 0 aromatic carbocycles. The molecule has 34 heavy (non-hydrogen) atoms. The number of hydrogen-bond acceptors (Lipinski definition) is 8. The van der Waals surface area contributed by atoms with Crippen LogP contribution in [0.4, 0.5) is 24.7 Å². The summed E-state index contributed by atoms with van der Waals surface area (Å²) in [6.07, 6.45) is -2.84. The molecule has 4 rings (SSSR count). The Morgan fingerprint density at radius 2 is 2.03 bits per heavy atom. The Bertz CT molecular complexity index is 1300. The number of carbonyl (C=O) groups is 1. The van der Waals surface area contributed by atoms with Crippen LogP contribution in [-0.2, 0) is 27.9 Å². The van der Waals surface area contributed by atoms with Gasteiger partial charge in [0.15, 0.2) is 32.6 Å². The molecule has 1 unspecified atom stereocenters. The molecule has 2 aliphatic rings. The molecule has 0 saturated heterocycles. The van der Waals surface area contributed by atoms with E-state index in [1.54, 1.807) is 0 Å². The molecule has 0 amide bonds. The van der Waals surface area contributed by atoms with Crippen LogP contribution in [0.1, 0.15) is 59.7 Å². The van der Waals surface area contributed by atoms with Crippen molar-refractivity contribution in [2.24, 2.45) is 18.1 Å². The number of aromatic nitrogens is 3. The molecule has 1 aliphatic carbocycles. The minimum Gasteiger partial charge on any atom is -0.478 e. The van der Waals surface area contributed by atoms with E-state index in [2.05, 4.69) is 20.4 Å². The maximum atomic E-state index is 13.7. The van der Waals surface area contributed by atoms with Gasteiger partial charge in [-0.15, -0.1) is 0 Å². The third-order valence-corrected chi connectivity index (χ3v) is 7.63. The summed E-state index contributed by atoms with van der Waals surface area (Å²) in [6, 6.07) is 0. The maximum Gasteiger partial charge on any atom is 0.419 e. The normalized spacial score (nSPS) is 18.5. The van der Waals surface area contributed by atoms with Crippen molar-refractivity contribution < 1.29 is 36.3 Å². The van der Waals surface area contributed by atoms with Gasteiger partial charge in [-0.05, 0) is 19.8 Å². The highest BCUT2D eigenvalue weighted by molar-refractivity contribution is 7.91. The number of halogens is 3. The predicted molar refractivity (Wildman–Crippen MR) is 114 cm³/mol. The molecule has 1 saturated carbocycles. The van der Waals surface area contributed by atoms with E-state index in [9.17, 15) is 31.5 Å². The molecule has 2 N–H and O–H groups in total. The summed E-state index contributed by atoms with van der Waals surface area (Å²) in [5.41, 5.74) is -2.29. The third kappa shape index (κ3) is 4.21. The van der Waals surface area contributed by atoms with Crippen LogP contribution in [0.2, 0.25) is 0 Å². The van der Waals surface area contributed by atoms with E-state index < -0.39 is 50.7 Å². The second-order valence-electron chi connectivity index (χ2n) is 8.18. The SMILES string of the molecule is CCS(=O)(=O)c1c(Nc2c(C(F)(F)F)cnc(C)c2C(=O)O)nc(C2CC(C3CC3)=NO2)n1C. The van der Waals surface area contributed by atoms with Gasteiger partial charge in [0, 0.05) is 25.6 Å². The van der Waals surface area contributed by atoms with E-state index in [1.165, 1.54) is 25.5 Å². The van der Waals surface area contributed by atoms with Crippen molar-refractivity contribution in [2.75, 3.05) is 11.1 Å². The summed E-state index contributed by atoms with van der Waals surface area (Å²) >= 11 is 0. The Morgan fingerprint density at radius 3 is 2.59 bits per heavy atom. The van der Waals surface area contributed by atoms with Crippen molar-refractivity contribution in [3.8, 4) is 0 Å². The van der Waals surface area contributed by atoms with Crippen LogP contribution in [-0.4, -0.2) is 45.5 Å². The number of sulfone groups is 1. The number of aryl methyl sites for hydroxylation is 1. The van der Waals surface area contributed by atoms with Crippen LogP contribution in [0.25, 0.3) is 0 Å². The van der Waals surface area contributed by atoms with Gasteiger partial charge in [-0.25, -0.2) is 18.2 Å². The summed E-state index contributed by atoms with van der Waals surface area (Å²) in [5.74, 6) is -1.99. The fourth-order valence-corrected chi connectivity index (χ4v) is 5.06. The molecule has 2 aromatic heterocycles. The van der Waals surface area contributed by atoms with Gasteiger partial charge in [0.05, 0.1) is 28.4 Å². The number of carboxylic acids is 1. The standard InChI is InChI=1S/C20H22F3N5O5S/c1-4-34(31,32)18-16(26-17(28(18)3)13-7-12(27-33-13)10-5-6-10)25-15-11(20(21,22)23)8-24-9(2)14(15)19(29)30/h8,10,13H,4-7H2,1-3H3,(H,24,25)(H,29,30). The average Bonchev–Trinajstić information content (AvgIpc) is 3.37. The van der Waals surface area contributed by atoms with Crippen molar-refractivity contribution in [3.05, 3.63) is 28.8 Å². The average molecular weight is 501 g/mol. The van der Waals surface area contributed by atoms with E-state index in [-0.39, 0.29) is 22.3 Å². The van der Waals surface area contributed by atoms with Gasteiger partial charge in [-0.3, -0.25) is 4.98 Å². The summed E-state index contributed by atoms with van der Waals surface area (Å²) in [5, 5.41) is 15.6. The third-order valence-electron chi connectivity index (χ3n) is 5.81. The number of aromatic carboxylic acids is 1. The monoisotopic (exact) mass is 501 g/mol. The van der Waals surface area contributed by atoms with Gasteiger partial charge in [-0.2, -0.15) is 13.2 Å². The Hall–Kier alpha value is -3.16. The first kappa shape index (κ1) is 24.0. The zero-order chi connectivity index (χ0) is 25.0. The van der Waals surface area contributed by atoms with Crippen LogP contribution >= 0.6 is 0 Å². The van der Waals surface area contributed by atoms with Gasteiger partial charge in [-0.1, -0.05) is 12.1 Å². The highest BCUT2D eigenvalue weighted by Gasteiger charge is 2.40. The lowest BCUT2D eigenvalue weighted by Gasteiger charge is -2.17. The number of pyridine rings is 1. The topological polar surface area (TPSA) is 136 Å². The lowest BCUT2D eigenvalue weighted by molar-refractivity contribution is -0.137. The molecule has 10 nitrogen and oxygen atoms in total. The molecule has 0 spiro atoms. The molecular weight excluding hydrogens is 479 g/mol. The van der Waals surface area contributed by atoms with E-state index in [1.807, 2.05) is 0 Å². The number of anilines is 2. The number of rotatable bonds is 7. The fraction of sp³-hybridized carbons (Fsp3) is 0.500. The zero-order valence-electron chi connectivity index (χ0n) is 18.5. The second-order valence-corrected chi connectivity index (χ2v) is 10.4. The Kier molecular flexibility index (Phi) is 5.82. The molecular formula is C20H22F3N5O5S. The van der Waals surface area contributed by atoms with Gasteiger partial charge in [0.25, 0.3) is 0 Å². The highest BCUT2D eigenvalue weighted by Crippen LogP contribution is 2.42. The van der Waals surface area contributed by atoms with Crippen molar-refractivity contribution in [1.29, 1.82) is 0 Å². The number of imidazole rings is 1. The molecule has 1 aliphatic heterocycles. The smallest absolute Gasteiger partial charge is 0.419 e. The number of nitrogens with one attached hydrogen (secondary N) is 1. The Morgan fingerprint density at radius 1 is 1.35 bits per heavy atom. The molecule has 2 aromatic rings. The van der Waals surface area contributed by atoms with Crippen molar-refractivity contribution in [2.45, 2.75) is 50.4 Å². The van der Waals surface area contributed by atoms with Gasteiger partial charge >= 0.3 is 12.1 Å². The van der Waals surface area contributed by atoms with E-state index in [0.717, 1.165) is 18.6 Å². The minimum absolute atomic E-state index is 0.144. The minimum atomic E-state index is -4.96. The molecule has 1 atom stereocenters. The fourth-order valence-electron chi connectivity index (χ4n) is 3.89. The van der Waals surface area contributed by atoms with Crippen LogP contribution in [0, 0.1) is 12.8 Å². The van der Waals surface area contributed by atoms with Gasteiger partial charge < -0.3 is 19.8 Å². The highest BCUT2D eigenvalue weighted by atomic mass is 32.2. The molecule has 184 valence electrons. The van der Waals surface area contributed by atoms with Crippen LogP contribution < -0.4 is 5.32 Å². The van der Waals surface area contributed by atoms with E-state index in [4.69, 9.17) is 4.84 Å².